The minimum Gasteiger partial charge on any atom is -0.490 e. The van der Waals surface area contributed by atoms with Crippen molar-refractivity contribution in [2.45, 2.75) is 22.1 Å². The number of hydrogen-bond acceptors (Lipinski definition) is 7. The number of nitrogens with zero attached hydrogens (tertiary/aromatic N) is 1. The second-order valence-electron chi connectivity index (χ2n) is 5.99. The maximum Gasteiger partial charge on any atom is 0.252 e. The van der Waals surface area contributed by atoms with Gasteiger partial charge < -0.3 is 9.47 Å². The van der Waals surface area contributed by atoms with E-state index in [0.717, 1.165) is 22.1 Å². The molecule has 0 aliphatic carbocycles. The summed E-state index contributed by atoms with van der Waals surface area (Å²) in [5.74, 6) is 0.911. The first-order chi connectivity index (χ1) is 12.7. The largest absolute Gasteiger partial charge is 0.490 e. The molecule has 0 fully saturated rings. The van der Waals surface area contributed by atoms with Crippen molar-refractivity contribution in [3.05, 3.63) is 35.2 Å². The van der Waals surface area contributed by atoms with E-state index in [0.29, 0.717) is 29.6 Å². The predicted molar refractivity (Wildman–Crippen MR) is 101 cm³/mol. The van der Waals surface area contributed by atoms with Gasteiger partial charge >= 0.3 is 0 Å². The molecular weight excluding hydrogens is 412 g/mol. The third-order valence-corrected chi connectivity index (χ3v) is 8.60. The lowest BCUT2D eigenvalue weighted by Crippen LogP contribution is -2.23. The number of sulfonamides is 2. The molecule has 1 aromatic heterocycles. The number of nitrogens with one attached hydrogen (secondary N) is 1. The van der Waals surface area contributed by atoms with Crippen LogP contribution >= 0.6 is 11.3 Å². The molecule has 3 rings (SSSR count). The molecule has 2 aromatic rings. The van der Waals surface area contributed by atoms with Gasteiger partial charge in [-0.25, -0.2) is 25.9 Å². The quantitative estimate of drug-likeness (QED) is 0.745. The molecule has 0 radical (unpaired) electrons. The van der Waals surface area contributed by atoms with Gasteiger partial charge in [0.25, 0.3) is 10.0 Å². The number of rotatable bonds is 6. The van der Waals surface area contributed by atoms with E-state index < -0.39 is 20.0 Å². The van der Waals surface area contributed by atoms with Crippen molar-refractivity contribution in [2.24, 2.45) is 0 Å². The van der Waals surface area contributed by atoms with Crippen LogP contribution in [0, 0.1) is 0 Å². The zero-order chi connectivity index (χ0) is 19.7. The molecule has 148 valence electrons. The summed E-state index contributed by atoms with van der Waals surface area (Å²) in [6.45, 7) is 0.973. The maximum atomic E-state index is 12.6. The summed E-state index contributed by atoms with van der Waals surface area (Å²) in [5, 5.41) is 0. The lowest BCUT2D eigenvalue weighted by Gasteiger charge is -2.10. The average Bonchev–Trinajstić information content (AvgIpc) is 2.98. The van der Waals surface area contributed by atoms with Crippen LogP contribution < -0.4 is 14.2 Å². The van der Waals surface area contributed by atoms with Gasteiger partial charge in [-0.05, 0) is 24.3 Å². The number of hydrogen-bond donors (Lipinski definition) is 1. The van der Waals surface area contributed by atoms with E-state index in [1.165, 1.54) is 32.3 Å². The van der Waals surface area contributed by atoms with Crippen molar-refractivity contribution < 1.29 is 26.3 Å². The molecule has 0 saturated heterocycles. The fourth-order valence-corrected chi connectivity index (χ4v) is 5.91. The van der Waals surface area contributed by atoms with Gasteiger partial charge in [-0.15, -0.1) is 11.3 Å². The van der Waals surface area contributed by atoms with E-state index in [9.17, 15) is 16.8 Å². The maximum absolute atomic E-state index is 12.6. The molecule has 0 atom stereocenters. The van der Waals surface area contributed by atoms with E-state index >= 15 is 0 Å². The van der Waals surface area contributed by atoms with Crippen molar-refractivity contribution >= 4 is 31.4 Å². The van der Waals surface area contributed by atoms with E-state index in [1.807, 2.05) is 0 Å². The van der Waals surface area contributed by atoms with Crippen molar-refractivity contribution in [3.8, 4) is 11.5 Å². The molecule has 2 heterocycles. The van der Waals surface area contributed by atoms with Crippen LogP contribution in [0.4, 0.5) is 0 Å². The molecule has 1 aliphatic heterocycles. The van der Waals surface area contributed by atoms with Crippen LogP contribution in [0.1, 0.15) is 11.3 Å². The third-order valence-electron chi connectivity index (χ3n) is 3.84. The lowest BCUT2D eigenvalue weighted by molar-refractivity contribution is 0.297. The Labute approximate surface area is 162 Å². The Bertz CT molecular complexity index is 1030. The Balaban J connectivity index is 1.74. The Morgan fingerprint density at radius 1 is 1.04 bits per heavy atom. The highest BCUT2D eigenvalue weighted by Gasteiger charge is 2.21. The highest BCUT2D eigenvalue weighted by atomic mass is 32.2. The van der Waals surface area contributed by atoms with Gasteiger partial charge in [-0.1, -0.05) is 0 Å². The molecule has 0 saturated carbocycles. The first-order valence-corrected chi connectivity index (χ1v) is 11.8. The van der Waals surface area contributed by atoms with Gasteiger partial charge in [0.2, 0.25) is 10.0 Å². The molecule has 0 unspecified atom stereocenters. The van der Waals surface area contributed by atoms with Gasteiger partial charge in [-0.2, -0.15) is 0 Å². The average molecular weight is 433 g/mol. The topological polar surface area (TPSA) is 102 Å². The number of fused-ring (bicyclic) bond motifs is 1. The first kappa shape index (κ1) is 20.1. The lowest BCUT2D eigenvalue weighted by atomic mass is 10.3. The third kappa shape index (κ3) is 4.43. The summed E-state index contributed by atoms with van der Waals surface area (Å²) in [7, 11) is -4.42. The predicted octanol–water partition coefficient (Wildman–Crippen LogP) is 1.64. The Morgan fingerprint density at radius 3 is 2.44 bits per heavy atom. The van der Waals surface area contributed by atoms with Gasteiger partial charge in [0, 0.05) is 38.0 Å². The van der Waals surface area contributed by atoms with Crippen LogP contribution in [0.25, 0.3) is 0 Å². The summed E-state index contributed by atoms with van der Waals surface area (Å²) in [5.41, 5.74) is 0. The van der Waals surface area contributed by atoms with Crippen molar-refractivity contribution in [3.63, 3.8) is 0 Å². The zero-order valence-electron chi connectivity index (χ0n) is 14.8. The van der Waals surface area contributed by atoms with E-state index in [-0.39, 0.29) is 15.6 Å². The molecule has 11 heteroatoms. The van der Waals surface area contributed by atoms with Gasteiger partial charge in [0.15, 0.2) is 11.5 Å². The SMILES string of the molecule is CN(C)S(=O)(=O)c1ccc(CNS(=O)(=O)c2ccc3c(c2)OCCCO3)s1. The van der Waals surface area contributed by atoms with Crippen LogP contribution in [0.15, 0.2) is 39.4 Å². The van der Waals surface area contributed by atoms with Crippen LogP contribution in [0.2, 0.25) is 0 Å². The van der Waals surface area contributed by atoms with E-state index in [2.05, 4.69) is 4.72 Å². The molecular formula is C16H20N2O6S3. The fourth-order valence-electron chi connectivity index (χ4n) is 2.33. The summed E-state index contributed by atoms with van der Waals surface area (Å²) in [6.07, 6.45) is 0.728. The summed E-state index contributed by atoms with van der Waals surface area (Å²) >= 11 is 1.03. The summed E-state index contributed by atoms with van der Waals surface area (Å²) in [4.78, 5) is 0.651. The molecule has 27 heavy (non-hydrogen) atoms. The Kier molecular flexibility index (Phi) is 5.77. The minimum atomic E-state index is -3.79. The minimum absolute atomic E-state index is 0.00953. The van der Waals surface area contributed by atoms with Crippen LogP contribution in [0.5, 0.6) is 11.5 Å². The van der Waals surface area contributed by atoms with E-state index in [1.54, 1.807) is 12.1 Å². The normalized spacial score (nSPS) is 14.9. The molecule has 0 spiro atoms. The van der Waals surface area contributed by atoms with Crippen LogP contribution in [0.3, 0.4) is 0 Å². The number of thiophene rings is 1. The second-order valence-corrected chi connectivity index (χ2v) is 11.3. The second kappa shape index (κ2) is 7.76. The number of ether oxygens (including phenoxy) is 2. The monoisotopic (exact) mass is 432 g/mol. The molecule has 1 aliphatic rings. The highest BCUT2D eigenvalue weighted by Crippen LogP contribution is 2.32. The van der Waals surface area contributed by atoms with E-state index in [4.69, 9.17) is 9.47 Å². The van der Waals surface area contributed by atoms with Crippen molar-refractivity contribution in [2.75, 3.05) is 27.3 Å². The molecule has 1 N–H and O–H groups in total. The van der Waals surface area contributed by atoms with Crippen molar-refractivity contribution in [1.29, 1.82) is 0 Å². The molecule has 0 bridgehead atoms. The van der Waals surface area contributed by atoms with Gasteiger partial charge in [0.1, 0.15) is 4.21 Å². The molecule has 0 amide bonds. The summed E-state index contributed by atoms with van der Waals surface area (Å²) in [6, 6.07) is 7.52. The molecule has 8 nitrogen and oxygen atoms in total. The van der Waals surface area contributed by atoms with Crippen LogP contribution in [-0.2, 0) is 26.6 Å². The standard InChI is InChI=1S/C16H20N2O6S3/c1-18(2)27(21,22)16-7-4-12(25-16)11-17-26(19,20)13-5-6-14-15(10-13)24-9-3-8-23-14/h4-7,10,17H,3,8-9,11H2,1-2H3. The number of benzene rings is 1. The van der Waals surface area contributed by atoms with Crippen LogP contribution in [-0.4, -0.2) is 48.4 Å². The highest BCUT2D eigenvalue weighted by molar-refractivity contribution is 7.91. The summed E-state index contributed by atoms with van der Waals surface area (Å²) < 4.78 is 64.1. The fraction of sp³-hybridized carbons (Fsp3) is 0.375. The Morgan fingerprint density at radius 2 is 1.74 bits per heavy atom. The molecule has 1 aromatic carbocycles. The zero-order valence-corrected chi connectivity index (χ0v) is 17.3. The Hall–Kier alpha value is -1.66. The van der Waals surface area contributed by atoms with Gasteiger partial charge in [-0.3, -0.25) is 0 Å². The first-order valence-electron chi connectivity index (χ1n) is 8.11. The van der Waals surface area contributed by atoms with Gasteiger partial charge in [0.05, 0.1) is 18.1 Å². The van der Waals surface area contributed by atoms with Crippen molar-refractivity contribution in [1.82, 2.24) is 9.03 Å². The smallest absolute Gasteiger partial charge is 0.252 e.